The van der Waals surface area contributed by atoms with E-state index < -0.39 is 159 Å². The maximum absolute atomic E-state index is 15.4. The van der Waals surface area contributed by atoms with Crippen molar-refractivity contribution in [2.45, 2.75) is 4.90 Å². The Hall–Kier alpha value is -8.02. The standard InChI is InChI=1S/C24BF20.C22H16NO4S/c26-5-1(6(27)14(35)21(42)13(5)34)25(2-7(28)15(36)22(43)16(37)8(2)29,3-9(30)17(38)23(44)18(39)10(3)31)4-11(32)19(40)24(45)20(41)12(4)33;24-22(19-11-13-20(14-12-19)23(25)26)17-28(27,21-9-5-2-6-10-21)16-15-18-7-3-1-4-8-18/h;1-14H,17H2/q-1;+1. The fourth-order valence-corrected chi connectivity index (χ4v) is 9.16. The van der Waals surface area contributed by atoms with Crippen LogP contribution in [0.4, 0.5) is 93.5 Å². The van der Waals surface area contributed by atoms with Gasteiger partial charge in [0.05, 0.1) is 4.92 Å². The van der Waals surface area contributed by atoms with Crippen molar-refractivity contribution < 1.29 is 102 Å². The number of nitro groups is 1. The highest BCUT2D eigenvalue weighted by atomic mass is 32.2. The molecular weight excluding hydrogens is 1050 g/mol. The lowest BCUT2D eigenvalue weighted by molar-refractivity contribution is -0.384. The molecule has 0 amide bonds. The molecule has 0 aromatic heterocycles. The molecule has 0 radical (unpaired) electrons. The maximum Gasteiger partial charge on any atom is 0.269 e. The molecule has 0 bridgehead atoms. The minimum Gasteiger partial charge on any atom is -0.289 e. The summed E-state index contributed by atoms with van der Waals surface area (Å²) < 4.78 is 308. The summed E-state index contributed by atoms with van der Waals surface area (Å²) in [4.78, 5) is 23.4. The van der Waals surface area contributed by atoms with Gasteiger partial charge in [0.15, 0.2) is 85.7 Å². The molecule has 0 aliphatic heterocycles. The fourth-order valence-electron chi connectivity index (χ4n) is 7.39. The topological polar surface area (TPSA) is 77.3 Å². The number of nitro benzene ring substituents is 1. The van der Waals surface area contributed by atoms with Crippen molar-refractivity contribution >= 4 is 49.4 Å². The van der Waals surface area contributed by atoms with Gasteiger partial charge >= 0.3 is 0 Å². The summed E-state index contributed by atoms with van der Waals surface area (Å²) in [6, 6.07) is 23.0. The molecular formula is C46H16BF20NO4S. The molecule has 0 aliphatic rings. The van der Waals surface area contributed by atoms with Crippen molar-refractivity contribution in [1.29, 1.82) is 0 Å². The first-order chi connectivity index (χ1) is 34.2. The number of rotatable bonds is 9. The normalized spacial score (nSPS) is 12.1. The number of carbonyl (C=O) groups is 1. The Kier molecular flexibility index (Phi) is 15.3. The van der Waals surface area contributed by atoms with Crippen LogP contribution in [-0.4, -0.2) is 22.6 Å². The SMILES string of the molecule is Fc1c(F)c(F)c([B-](c2c(F)c(F)c(F)c(F)c2F)(c2c(F)c(F)c(F)c(F)c2F)c2c(F)c(F)c(F)c(F)c2F)c(F)c1F.O=C(C[S+](=O)(C#Cc1ccccc1)c1ccccc1)c1ccc([N+](=O)[O-])cc1. The first-order valence-corrected chi connectivity index (χ1v) is 21.1. The Bertz CT molecular complexity index is 3140. The van der Waals surface area contributed by atoms with Crippen LogP contribution in [0.15, 0.2) is 89.8 Å². The Morgan fingerprint density at radius 1 is 0.425 bits per heavy atom. The summed E-state index contributed by atoms with van der Waals surface area (Å²) >= 11 is 0. The second kappa shape index (κ2) is 20.6. The molecule has 27 heteroatoms. The summed E-state index contributed by atoms with van der Waals surface area (Å²) in [5, 5.41) is 13.6. The van der Waals surface area contributed by atoms with Crippen molar-refractivity contribution in [3.63, 3.8) is 0 Å². The van der Waals surface area contributed by atoms with Gasteiger partial charge in [0.1, 0.15) is 52.7 Å². The van der Waals surface area contributed by atoms with Gasteiger partial charge in [-0.25, -0.2) is 87.8 Å². The van der Waals surface area contributed by atoms with E-state index in [4.69, 9.17) is 0 Å². The van der Waals surface area contributed by atoms with Gasteiger partial charge in [-0.05, 0) is 42.3 Å². The van der Waals surface area contributed by atoms with E-state index in [1.54, 1.807) is 42.5 Å². The van der Waals surface area contributed by atoms with E-state index in [-0.39, 0.29) is 22.8 Å². The second-order valence-corrected chi connectivity index (χ2v) is 17.1. The summed E-state index contributed by atoms with van der Waals surface area (Å²) in [6.07, 6.45) is -7.22. The number of nitrogens with zero attached hydrogens (tertiary/aromatic N) is 1. The van der Waals surface area contributed by atoms with Crippen molar-refractivity contribution in [2.75, 3.05) is 5.75 Å². The van der Waals surface area contributed by atoms with Gasteiger partial charge < -0.3 is 0 Å². The lowest BCUT2D eigenvalue weighted by atomic mass is 9.12. The summed E-state index contributed by atoms with van der Waals surface area (Å²) in [6.45, 7) is 0. The number of halogens is 20. The van der Waals surface area contributed by atoms with Crippen LogP contribution in [0, 0.1) is 138 Å². The molecule has 1 atom stereocenters. The third-order valence-electron chi connectivity index (χ3n) is 10.7. The molecule has 0 heterocycles. The molecule has 0 spiro atoms. The van der Waals surface area contributed by atoms with Crippen LogP contribution in [0.2, 0.25) is 0 Å². The van der Waals surface area contributed by atoms with E-state index in [1.165, 1.54) is 24.3 Å². The van der Waals surface area contributed by atoms with E-state index >= 15 is 35.1 Å². The van der Waals surface area contributed by atoms with Crippen molar-refractivity contribution in [1.82, 2.24) is 0 Å². The third-order valence-corrected chi connectivity index (χ3v) is 12.8. The monoisotopic (exact) mass is 1070 g/mol. The van der Waals surface area contributed by atoms with E-state index in [9.17, 15) is 71.8 Å². The number of ketones is 1. The molecule has 0 aliphatic carbocycles. The van der Waals surface area contributed by atoms with Crippen LogP contribution in [-0.2, 0) is 14.1 Å². The van der Waals surface area contributed by atoms with Crippen LogP contribution in [0.3, 0.4) is 0 Å². The fraction of sp³-hybridized carbons (Fsp3) is 0.0217. The van der Waals surface area contributed by atoms with Gasteiger partial charge in [0.25, 0.3) is 5.69 Å². The van der Waals surface area contributed by atoms with Crippen LogP contribution in [0.1, 0.15) is 15.9 Å². The molecule has 0 saturated heterocycles. The minimum atomic E-state index is -7.22. The Balaban J connectivity index is 0.000000265. The minimum absolute atomic E-state index is 0.107. The van der Waals surface area contributed by atoms with Crippen molar-refractivity contribution in [2.24, 2.45) is 0 Å². The molecule has 7 rings (SSSR count). The number of hydrogen-bond acceptors (Lipinski definition) is 4. The molecule has 7 aromatic rings. The third kappa shape index (κ3) is 9.25. The summed E-state index contributed by atoms with van der Waals surface area (Å²) in [5.74, 6) is -69.2. The number of benzene rings is 7. The van der Waals surface area contributed by atoms with Crippen LogP contribution in [0.5, 0.6) is 0 Å². The lowest BCUT2D eigenvalue weighted by Crippen LogP contribution is -2.81. The highest BCUT2D eigenvalue weighted by Gasteiger charge is 2.52. The van der Waals surface area contributed by atoms with Crippen LogP contribution < -0.4 is 21.9 Å². The maximum atomic E-state index is 15.4. The molecule has 0 saturated carbocycles. The zero-order chi connectivity index (χ0) is 54.3. The number of carbonyl (C=O) groups excluding carboxylic acids is 1. The molecule has 0 N–H and O–H groups in total. The summed E-state index contributed by atoms with van der Waals surface area (Å²) in [5.41, 5.74) is -13.5. The van der Waals surface area contributed by atoms with E-state index in [2.05, 4.69) is 11.2 Å². The van der Waals surface area contributed by atoms with Crippen molar-refractivity contribution in [3.05, 3.63) is 223 Å². The highest BCUT2D eigenvalue weighted by molar-refractivity contribution is 8.07. The lowest BCUT2D eigenvalue weighted by Gasteiger charge is -2.44. The van der Waals surface area contributed by atoms with Crippen LogP contribution >= 0.6 is 0 Å². The van der Waals surface area contributed by atoms with Gasteiger partial charge in [-0.15, -0.1) is 21.9 Å². The molecule has 0 fully saturated rings. The molecule has 5 nitrogen and oxygen atoms in total. The van der Waals surface area contributed by atoms with Crippen LogP contribution in [0.25, 0.3) is 0 Å². The highest BCUT2D eigenvalue weighted by Crippen LogP contribution is 2.31. The average Bonchev–Trinajstić information content (AvgIpc) is 3.38. The van der Waals surface area contributed by atoms with Gasteiger partial charge in [0, 0.05) is 23.3 Å². The van der Waals surface area contributed by atoms with Gasteiger partial charge in [-0.1, -0.05) is 40.6 Å². The number of hydrogen-bond donors (Lipinski definition) is 0. The zero-order valence-corrected chi connectivity index (χ0v) is 35.7. The van der Waals surface area contributed by atoms with E-state index in [1.807, 2.05) is 18.2 Å². The van der Waals surface area contributed by atoms with Crippen molar-refractivity contribution in [3.8, 4) is 11.2 Å². The van der Waals surface area contributed by atoms with Gasteiger partial charge in [-0.3, -0.25) is 14.9 Å². The molecule has 1 unspecified atom stereocenters. The number of non-ortho nitro benzene ring substituents is 1. The van der Waals surface area contributed by atoms with E-state index in [0.717, 1.165) is 0 Å². The first-order valence-electron chi connectivity index (χ1n) is 19.3. The van der Waals surface area contributed by atoms with Gasteiger partial charge in [0.2, 0.25) is 15.7 Å². The molecule has 73 heavy (non-hydrogen) atoms. The molecule has 7 aromatic carbocycles. The molecule has 378 valence electrons. The average molecular weight is 1070 g/mol. The Labute approximate surface area is 394 Å². The quantitative estimate of drug-likeness (QED) is 0.0166. The predicted molar refractivity (Wildman–Crippen MR) is 218 cm³/mol. The number of Topliss-reactive ketones (excluding diaryl/α,β-unsaturated/α-hetero) is 1. The second-order valence-electron chi connectivity index (χ2n) is 14.8. The van der Waals surface area contributed by atoms with E-state index in [0.29, 0.717) is 10.5 Å². The first kappa shape index (κ1) is 54.3. The Morgan fingerprint density at radius 3 is 0.986 bits per heavy atom. The largest absolute Gasteiger partial charge is 0.289 e. The summed E-state index contributed by atoms with van der Waals surface area (Å²) in [7, 11) is -2.98. The zero-order valence-electron chi connectivity index (χ0n) is 34.9. The Morgan fingerprint density at radius 2 is 0.699 bits per heavy atom. The smallest absolute Gasteiger partial charge is 0.269 e. The van der Waals surface area contributed by atoms with Gasteiger partial charge in [-0.2, -0.15) is 0 Å². The predicted octanol–water partition coefficient (Wildman–Crippen LogP) is 10.2.